The Balaban J connectivity index is 1.62. The number of carbonyl (C=O) groups is 14. The van der Waals surface area contributed by atoms with E-state index in [0.29, 0.717) is 56.4 Å². The lowest BCUT2D eigenvalue weighted by molar-refractivity contribution is -0.917. The van der Waals surface area contributed by atoms with Gasteiger partial charge in [-0.05, 0) is 87.6 Å². The molecule has 3 saturated heterocycles. The largest absolute Gasteiger partial charge is 0.508 e. The minimum atomic E-state index is -1.85. The van der Waals surface area contributed by atoms with Gasteiger partial charge in [-0.15, -0.1) is 0 Å². The van der Waals surface area contributed by atoms with Gasteiger partial charge in [0.15, 0.2) is 0 Å². The molecule has 3 aliphatic rings. The first-order chi connectivity index (χ1) is 46.8. The number of amides is 14. The molecule has 33 nitrogen and oxygen atoms in total. The number of morpholine rings is 1. The third kappa shape index (κ3) is 28.4. The lowest BCUT2D eigenvalue weighted by atomic mass is 10.0. The van der Waals surface area contributed by atoms with E-state index in [4.69, 9.17) is 33.4 Å². The van der Waals surface area contributed by atoms with Crippen LogP contribution in [0, 0.1) is 0 Å². The number of aromatic hydroxyl groups is 1. The second kappa shape index (κ2) is 41.6. The maximum absolute atomic E-state index is 15.2. The third-order valence-corrected chi connectivity index (χ3v) is 19.4. The number of hydrogen-bond acceptors (Lipinski definition) is 20. The van der Waals surface area contributed by atoms with Crippen molar-refractivity contribution in [3.05, 3.63) is 65.7 Å². The van der Waals surface area contributed by atoms with E-state index in [0.717, 1.165) is 30.5 Å². The smallest absolute Gasteiger partial charge is 0.246 e. The van der Waals surface area contributed by atoms with Crippen LogP contribution in [0.15, 0.2) is 54.6 Å². The van der Waals surface area contributed by atoms with Crippen LogP contribution in [-0.4, -0.2) is 247 Å². The number of benzene rings is 2. The zero-order valence-corrected chi connectivity index (χ0v) is 56.8. The molecule has 3 aliphatic heterocycles. The van der Waals surface area contributed by atoms with Gasteiger partial charge in [0, 0.05) is 48.3 Å². The highest BCUT2D eigenvalue weighted by atomic mass is 32.2. The Morgan fingerprint density at radius 1 is 0.653 bits per heavy atom. The number of rotatable bonds is 30. The fraction of sp³-hybridized carbons (Fsp3) is 0.587. The summed E-state index contributed by atoms with van der Waals surface area (Å²) in [7, 11) is 2.14. The second-order valence-electron chi connectivity index (χ2n) is 24.5. The average molecular weight is 1410 g/mol. The predicted molar refractivity (Wildman–Crippen MR) is 362 cm³/mol. The van der Waals surface area contributed by atoms with E-state index in [2.05, 4.69) is 60.2 Å². The second-order valence-corrected chi connectivity index (χ2v) is 26.9. The van der Waals surface area contributed by atoms with E-state index in [9.17, 15) is 62.6 Å². The standard InChI is InChI=1S/C63H95N17O16S2/c1-80(24-26-96-27-25-80)23-8-6-12-41-35-97-36-48(63(95)79-22-9-14-49(79)62(94)74-42(13-5-7-21-64)56(88)71-32-52(68)84)78-60(92)46(30-51(67)83)77-57(89)43(19-20-50(66)82)73-58(90)44(28-38-10-3-2-4-11-38)75-59(91)45(29-39-15-17-40(81)18-16-39)76-61(93)47(37-98-41)72-55(87)34-70-54(86)33-69-53(85)31-65/h2-4,10-11,15-18,41-49H,5-9,12-14,19-37,64-65H2,1H3,(H16-,66,67,68,69,70,71,72,73,74,75,76,77,78,81,82,83,84,85,86,87,88,89,90,91,92,93,94)/p+1/t41?,42-,43-,44-,45-,46-,47-,48-,49-/m0/s1. The maximum atomic E-state index is 15.2. The third-order valence-electron chi connectivity index (χ3n) is 16.6. The zero-order chi connectivity index (χ0) is 71.7. The van der Waals surface area contributed by atoms with Crippen LogP contribution < -0.4 is 81.8 Å². The molecule has 0 aromatic heterocycles. The summed E-state index contributed by atoms with van der Waals surface area (Å²) in [6, 6.07) is 1.96. The Morgan fingerprint density at radius 3 is 1.91 bits per heavy atom. The Labute approximate surface area is 576 Å². The number of unbranched alkanes of at least 4 members (excludes halogenated alkanes) is 2. The number of phenols is 1. The van der Waals surface area contributed by atoms with Crippen LogP contribution in [0.1, 0.15) is 81.8 Å². The number of phenolic OH excluding ortho intramolecular Hbond substituents is 1. The van der Waals surface area contributed by atoms with Crippen molar-refractivity contribution in [1.29, 1.82) is 0 Å². The first kappa shape index (κ1) is 80.0. The number of likely N-dealkylation sites (N-methyl/N-ethyl adjacent to an activating group) is 1. The van der Waals surface area contributed by atoms with Crippen molar-refractivity contribution < 1.29 is 81.4 Å². The Morgan fingerprint density at radius 2 is 1.27 bits per heavy atom. The molecular weight excluding hydrogens is 1310 g/mol. The SMILES string of the molecule is C[N+]1(CCCCC2CSC[C@@H](C(=O)N3CCC[C@H]3C(=O)N[C@@H](CCCCN)C(=O)NCC(N)=O)NC(=O)[C@H](CC(N)=O)NC(=O)[C@H](CCC(N)=O)NC(=O)[C@H](Cc3ccccc3)NC(=O)[C@H](Cc3ccc(O)cc3)NC(=O)[C@@H](NC(=O)CNC(=O)CNC(=O)CN)CS2)CCOCC1. The lowest BCUT2D eigenvalue weighted by Crippen LogP contribution is -2.61. The summed E-state index contributed by atoms with van der Waals surface area (Å²) < 4.78 is 6.39. The Kier molecular flexibility index (Phi) is 34.0. The average Bonchev–Trinajstić information content (AvgIpc) is 1.58. The van der Waals surface area contributed by atoms with E-state index in [-0.39, 0.29) is 61.8 Å². The number of thioether (sulfide) groups is 2. The van der Waals surface area contributed by atoms with Crippen LogP contribution in [0.25, 0.3) is 0 Å². The molecule has 2 aromatic rings. The van der Waals surface area contributed by atoms with E-state index in [1.807, 2.05) is 0 Å². The minimum Gasteiger partial charge on any atom is -0.508 e. The van der Waals surface area contributed by atoms with Gasteiger partial charge in [-0.2, -0.15) is 23.5 Å². The van der Waals surface area contributed by atoms with Crippen molar-refractivity contribution in [2.24, 2.45) is 28.7 Å². The Bertz CT molecular complexity index is 3080. The molecule has 0 saturated carbocycles. The molecule has 5 rings (SSSR count). The van der Waals surface area contributed by atoms with Crippen LogP contribution in [0.3, 0.4) is 0 Å². The number of primary amides is 3. The molecule has 21 N–H and O–H groups in total. The molecule has 0 bridgehead atoms. The number of nitrogens with two attached hydrogens (primary N) is 5. The summed E-state index contributed by atoms with van der Waals surface area (Å²) in [4.78, 5) is 194. The minimum absolute atomic E-state index is 0.00435. The monoisotopic (exact) mass is 1410 g/mol. The first-order valence-corrected chi connectivity index (χ1v) is 34.9. The van der Waals surface area contributed by atoms with Gasteiger partial charge in [-0.1, -0.05) is 42.5 Å². The summed E-state index contributed by atoms with van der Waals surface area (Å²) in [6.07, 6.45) is 0.903. The van der Waals surface area contributed by atoms with Crippen LogP contribution in [0.4, 0.5) is 0 Å². The summed E-state index contributed by atoms with van der Waals surface area (Å²) in [5.41, 5.74) is 28.5. The molecule has 0 radical (unpaired) electrons. The molecule has 14 amide bonds. The van der Waals surface area contributed by atoms with Gasteiger partial charge in [0.05, 0.1) is 59.4 Å². The maximum Gasteiger partial charge on any atom is 0.246 e. The van der Waals surface area contributed by atoms with E-state index in [1.54, 1.807) is 30.3 Å². The van der Waals surface area contributed by atoms with E-state index < -0.39 is 182 Å². The molecule has 3 heterocycles. The van der Waals surface area contributed by atoms with Gasteiger partial charge in [-0.3, -0.25) is 67.1 Å². The van der Waals surface area contributed by atoms with Crippen LogP contribution >= 0.6 is 23.5 Å². The van der Waals surface area contributed by atoms with Crippen LogP contribution in [0.2, 0.25) is 0 Å². The summed E-state index contributed by atoms with van der Waals surface area (Å²) in [5.74, 6) is -12.7. The molecule has 98 heavy (non-hydrogen) atoms. The van der Waals surface area contributed by atoms with Crippen LogP contribution in [0.5, 0.6) is 5.75 Å². The highest BCUT2D eigenvalue weighted by molar-refractivity contribution is 8.03. The van der Waals surface area contributed by atoms with E-state index in [1.165, 1.54) is 52.7 Å². The van der Waals surface area contributed by atoms with Crippen molar-refractivity contribution in [3.63, 3.8) is 0 Å². The van der Waals surface area contributed by atoms with Gasteiger partial charge >= 0.3 is 0 Å². The normalized spacial score (nSPS) is 22.4. The molecule has 2 aromatic carbocycles. The fourth-order valence-corrected chi connectivity index (χ4v) is 13.8. The topological polar surface area (TPSA) is 522 Å². The van der Waals surface area contributed by atoms with Gasteiger partial charge in [0.2, 0.25) is 82.7 Å². The summed E-state index contributed by atoms with van der Waals surface area (Å²) in [6.45, 7) is 1.71. The fourth-order valence-electron chi connectivity index (χ4n) is 11.0. The molecular formula is C63H96N17O16S2+. The number of nitrogens with one attached hydrogen (secondary N) is 10. The van der Waals surface area contributed by atoms with E-state index >= 15 is 9.59 Å². The number of likely N-dealkylation sites (tertiary alicyclic amines) is 1. The van der Waals surface area contributed by atoms with Gasteiger partial charge in [0.25, 0.3) is 0 Å². The van der Waals surface area contributed by atoms with Gasteiger partial charge in [0.1, 0.15) is 67.2 Å². The molecule has 0 aliphatic carbocycles. The summed E-state index contributed by atoms with van der Waals surface area (Å²) in [5, 5.41) is 35.4. The van der Waals surface area contributed by atoms with Crippen molar-refractivity contribution in [2.45, 2.75) is 137 Å². The molecule has 35 heteroatoms. The van der Waals surface area contributed by atoms with Crippen molar-refractivity contribution in [3.8, 4) is 5.75 Å². The summed E-state index contributed by atoms with van der Waals surface area (Å²) >= 11 is 2.44. The van der Waals surface area contributed by atoms with Crippen molar-refractivity contribution in [2.75, 3.05) is 96.4 Å². The van der Waals surface area contributed by atoms with Gasteiger partial charge in [-0.25, -0.2) is 0 Å². The quantitative estimate of drug-likeness (QED) is 0.0256. The molecule has 540 valence electrons. The Hall–Kier alpha value is -8.64. The highest BCUT2D eigenvalue weighted by Gasteiger charge is 2.41. The predicted octanol–water partition coefficient (Wildman–Crippen LogP) is -5.88. The zero-order valence-electron chi connectivity index (χ0n) is 55.2. The highest BCUT2D eigenvalue weighted by Crippen LogP contribution is 2.27. The number of quaternary nitrogens is 1. The molecule has 1 unspecified atom stereocenters. The number of nitrogens with zero attached hydrogens (tertiary/aromatic N) is 2. The van der Waals surface area contributed by atoms with Crippen LogP contribution in [-0.2, 0) is 84.7 Å². The number of hydrogen-bond donors (Lipinski definition) is 16. The van der Waals surface area contributed by atoms with Crippen molar-refractivity contribution >= 4 is 106 Å². The number of carbonyl (C=O) groups excluding carboxylic acids is 14. The molecule has 3 fully saturated rings. The van der Waals surface area contributed by atoms with Gasteiger partial charge < -0.3 is 101 Å². The molecule has 9 atom stereocenters. The first-order valence-electron chi connectivity index (χ1n) is 32.7. The number of ether oxygens (including phenoxy) is 1. The molecule has 0 spiro atoms. The van der Waals surface area contributed by atoms with Crippen molar-refractivity contribution in [1.82, 2.24) is 58.1 Å². The lowest BCUT2D eigenvalue weighted by Gasteiger charge is -2.37.